The number of benzene rings is 1. The number of nitrogens with zero attached hydrogens (tertiary/aromatic N) is 2. The van der Waals surface area contributed by atoms with Crippen molar-refractivity contribution in [2.24, 2.45) is 0 Å². The molecule has 2 heterocycles. The molecule has 25 heavy (non-hydrogen) atoms. The first-order chi connectivity index (χ1) is 12.0. The molecule has 2 fully saturated rings. The Hall–Kier alpha value is -1.03. The molecule has 0 aromatic heterocycles. The van der Waals surface area contributed by atoms with Crippen molar-refractivity contribution < 1.29 is 21.4 Å². The van der Waals surface area contributed by atoms with Crippen LogP contribution in [0.25, 0.3) is 5.57 Å². The van der Waals surface area contributed by atoms with Crippen LogP contribution in [-0.4, -0.2) is 23.4 Å². The van der Waals surface area contributed by atoms with E-state index >= 15 is 4.39 Å². The van der Waals surface area contributed by atoms with Crippen LogP contribution >= 0.6 is 11.6 Å². The molecular formula is C20H22ClFN2V. The predicted molar refractivity (Wildman–Crippen MR) is 101 cm³/mol. The summed E-state index contributed by atoms with van der Waals surface area (Å²) in [6.45, 7) is 7.80. The molecule has 0 N–H and O–H groups in total. The SMILES string of the molecule is C=C1C(C)=CN(C2CC2)c2c1cc(F)c(N1CCCC[C](=[V])C1)c2Cl. The fourth-order valence-corrected chi connectivity index (χ4v) is 4.70. The average molecular weight is 396 g/mol. The summed E-state index contributed by atoms with van der Waals surface area (Å²) in [7, 11) is 0. The Morgan fingerprint density at radius 1 is 1.28 bits per heavy atom. The topological polar surface area (TPSA) is 6.48 Å². The summed E-state index contributed by atoms with van der Waals surface area (Å²) in [6, 6.07) is 2.12. The van der Waals surface area contributed by atoms with Gasteiger partial charge in [-0.05, 0) is 0 Å². The maximum atomic E-state index is 15.1. The molecule has 0 amide bonds. The van der Waals surface area contributed by atoms with Gasteiger partial charge >= 0.3 is 163 Å². The number of halogens is 2. The molecule has 4 rings (SSSR count). The van der Waals surface area contributed by atoms with Crippen LogP contribution in [-0.2, 0) is 17.0 Å². The van der Waals surface area contributed by atoms with Crippen molar-refractivity contribution in [3.8, 4) is 0 Å². The molecule has 0 spiro atoms. The molecule has 1 aromatic carbocycles. The fraction of sp³-hybridized carbons (Fsp3) is 0.450. The third kappa shape index (κ3) is 3.11. The van der Waals surface area contributed by atoms with Gasteiger partial charge in [0.25, 0.3) is 0 Å². The number of hydrogen-bond acceptors (Lipinski definition) is 2. The monoisotopic (exact) mass is 395 g/mol. The molecule has 5 heteroatoms. The summed E-state index contributed by atoms with van der Waals surface area (Å²) in [5.74, 6) is -0.238. The van der Waals surface area contributed by atoms with Gasteiger partial charge in [-0.2, -0.15) is 0 Å². The molecule has 0 bridgehead atoms. The van der Waals surface area contributed by atoms with Crippen LogP contribution in [0.1, 0.15) is 44.6 Å². The van der Waals surface area contributed by atoms with Gasteiger partial charge in [0.1, 0.15) is 0 Å². The second-order valence-electron chi connectivity index (χ2n) is 7.29. The van der Waals surface area contributed by atoms with Crippen molar-refractivity contribution >= 4 is 32.8 Å². The van der Waals surface area contributed by atoms with Crippen LogP contribution in [0.3, 0.4) is 0 Å². The Balaban J connectivity index is 1.85. The van der Waals surface area contributed by atoms with E-state index in [2.05, 4.69) is 39.6 Å². The third-order valence-electron chi connectivity index (χ3n) is 5.33. The summed E-state index contributed by atoms with van der Waals surface area (Å²) in [5.41, 5.74) is 4.28. The number of anilines is 2. The van der Waals surface area contributed by atoms with Gasteiger partial charge in [-0.3, -0.25) is 0 Å². The number of fused-ring (bicyclic) bond motifs is 1. The summed E-state index contributed by atoms with van der Waals surface area (Å²) in [4.78, 5) is 4.35. The van der Waals surface area contributed by atoms with Gasteiger partial charge in [0.05, 0.1) is 0 Å². The summed E-state index contributed by atoms with van der Waals surface area (Å²) in [5, 5.41) is 0.536. The molecule has 1 saturated heterocycles. The van der Waals surface area contributed by atoms with E-state index in [0.717, 1.165) is 67.6 Å². The minimum atomic E-state index is -0.238. The Kier molecular flexibility index (Phi) is 4.60. The van der Waals surface area contributed by atoms with Gasteiger partial charge in [0.2, 0.25) is 0 Å². The molecule has 2 aliphatic heterocycles. The number of hydrogen-bond donors (Lipinski definition) is 0. The zero-order valence-corrected chi connectivity index (χ0v) is 16.6. The minimum absolute atomic E-state index is 0.238. The predicted octanol–water partition coefficient (Wildman–Crippen LogP) is 5.09. The van der Waals surface area contributed by atoms with Gasteiger partial charge in [-0.15, -0.1) is 0 Å². The molecule has 2 nitrogen and oxygen atoms in total. The molecular weight excluding hydrogens is 374 g/mol. The first-order valence-corrected chi connectivity index (χ1v) is 10.0. The van der Waals surface area contributed by atoms with Gasteiger partial charge in [-0.25, -0.2) is 0 Å². The first-order valence-electron chi connectivity index (χ1n) is 8.94. The van der Waals surface area contributed by atoms with Crippen molar-refractivity contribution in [2.45, 2.75) is 45.1 Å². The van der Waals surface area contributed by atoms with Crippen LogP contribution in [0.5, 0.6) is 0 Å². The van der Waals surface area contributed by atoms with Crippen LogP contribution in [0.4, 0.5) is 15.8 Å². The fourth-order valence-electron chi connectivity index (χ4n) is 3.78. The second kappa shape index (κ2) is 6.61. The van der Waals surface area contributed by atoms with Crippen molar-refractivity contribution in [3.05, 3.63) is 40.8 Å². The van der Waals surface area contributed by atoms with E-state index in [9.17, 15) is 0 Å². The quantitative estimate of drug-likeness (QED) is 0.688. The molecule has 0 atom stereocenters. The maximum absolute atomic E-state index is 15.1. The van der Waals surface area contributed by atoms with Crippen LogP contribution in [0, 0.1) is 5.82 Å². The Morgan fingerprint density at radius 3 is 2.76 bits per heavy atom. The Labute approximate surface area is 162 Å². The van der Waals surface area contributed by atoms with Crippen LogP contribution in [0.2, 0.25) is 5.02 Å². The Bertz CT molecular complexity index is 797. The van der Waals surface area contributed by atoms with Crippen molar-refractivity contribution in [1.29, 1.82) is 0 Å². The standard InChI is InChI=1S/C20H22ClFN2.V/c1-13-12-24(15-7-8-15)19-16(14(13)2)11-17(22)20(18(19)21)23-9-5-3-4-6-10-23;/h11-12,15H,2-5,7-10H2,1H3;. The van der Waals surface area contributed by atoms with E-state index in [0.29, 0.717) is 16.8 Å². The normalized spacial score (nSPS) is 21.1. The number of rotatable bonds is 2. The van der Waals surface area contributed by atoms with Crippen molar-refractivity contribution in [1.82, 2.24) is 0 Å². The van der Waals surface area contributed by atoms with Crippen molar-refractivity contribution in [2.75, 3.05) is 22.9 Å². The Morgan fingerprint density at radius 2 is 2.04 bits per heavy atom. The van der Waals surface area contributed by atoms with Gasteiger partial charge in [-0.1, -0.05) is 0 Å². The van der Waals surface area contributed by atoms with Crippen molar-refractivity contribution in [3.63, 3.8) is 0 Å². The van der Waals surface area contributed by atoms with E-state index in [1.54, 1.807) is 6.07 Å². The van der Waals surface area contributed by atoms with E-state index in [1.165, 1.54) is 4.23 Å². The molecule has 1 saturated carbocycles. The summed E-state index contributed by atoms with van der Waals surface area (Å²) in [6.07, 6.45) is 7.75. The molecule has 1 aromatic rings. The van der Waals surface area contributed by atoms with E-state index < -0.39 is 0 Å². The van der Waals surface area contributed by atoms with Crippen LogP contribution in [0.15, 0.2) is 24.4 Å². The third-order valence-corrected chi connectivity index (χ3v) is 6.26. The molecule has 1 aliphatic carbocycles. The zero-order chi connectivity index (χ0) is 17.7. The molecule has 0 radical (unpaired) electrons. The number of allylic oxidation sites excluding steroid dienone is 2. The van der Waals surface area contributed by atoms with E-state index in [4.69, 9.17) is 11.6 Å². The summed E-state index contributed by atoms with van der Waals surface area (Å²) < 4.78 is 16.4. The summed E-state index contributed by atoms with van der Waals surface area (Å²) >= 11 is 9.49. The average Bonchev–Trinajstić information content (AvgIpc) is 3.39. The second-order valence-corrected chi connectivity index (χ2v) is 8.66. The molecule has 131 valence electrons. The van der Waals surface area contributed by atoms with Gasteiger partial charge in [0, 0.05) is 0 Å². The van der Waals surface area contributed by atoms with Crippen LogP contribution < -0.4 is 9.80 Å². The first kappa shape index (κ1) is 17.4. The molecule has 3 aliphatic rings. The van der Waals surface area contributed by atoms with Gasteiger partial charge < -0.3 is 0 Å². The van der Waals surface area contributed by atoms with E-state index in [-0.39, 0.29) is 5.82 Å². The van der Waals surface area contributed by atoms with Gasteiger partial charge in [0.15, 0.2) is 0 Å². The zero-order valence-electron chi connectivity index (χ0n) is 14.5. The molecule has 0 unspecified atom stereocenters. The van der Waals surface area contributed by atoms with E-state index in [1.807, 2.05) is 6.92 Å².